The summed E-state index contributed by atoms with van der Waals surface area (Å²) in [6, 6.07) is 9.67. The minimum Gasteiger partial charge on any atom is -0.496 e. The minimum absolute atomic E-state index is 0.678. The summed E-state index contributed by atoms with van der Waals surface area (Å²) >= 11 is 12.6. The van der Waals surface area contributed by atoms with E-state index in [4.69, 9.17) is 33.7 Å². The van der Waals surface area contributed by atoms with E-state index in [0.717, 1.165) is 57.8 Å². The Kier molecular flexibility index (Phi) is 5.57. The number of ether oxygens (including phenoxy) is 1. The van der Waals surface area contributed by atoms with Gasteiger partial charge in [-0.25, -0.2) is 0 Å². The number of hydrogen-bond acceptors (Lipinski definition) is 2. The predicted octanol–water partition coefficient (Wildman–Crippen LogP) is 5.74. The molecule has 0 fully saturated rings. The number of nitrogens with two attached hydrogens (primary N) is 1. The number of nitrogens with one attached hydrogen (secondary N) is 1. The van der Waals surface area contributed by atoms with Crippen LogP contribution >= 0.6 is 23.2 Å². The van der Waals surface area contributed by atoms with Crippen molar-refractivity contribution in [3.05, 3.63) is 51.5 Å². The largest absolute Gasteiger partial charge is 0.496 e. The van der Waals surface area contributed by atoms with Gasteiger partial charge in [-0.2, -0.15) is 0 Å². The highest BCUT2D eigenvalue weighted by Gasteiger charge is 2.18. The monoisotopic (exact) mass is 376 g/mol. The molecular weight excluding hydrogens is 355 g/mol. The van der Waals surface area contributed by atoms with Gasteiger partial charge >= 0.3 is 0 Å². The van der Waals surface area contributed by atoms with Crippen LogP contribution < -0.4 is 10.5 Å². The molecule has 25 heavy (non-hydrogen) atoms. The summed E-state index contributed by atoms with van der Waals surface area (Å²) in [5.41, 5.74) is 11.1. The van der Waals surface area contributed by atoms with Gasteiger partial charge in [-0.1, -0.05) is 23.2 Å². The lowest BCUT2D eigenvalue weighted by Gasteiger charge is -2.10. The summed E-state index contributed by atoms with van der Waals surface area (Å²) in [5.74, 6) is 0.791. The van der Waals surface area contributed by atoms with Crippen LogP contribution in [-0.2, 0) is 6.42 Å². The molecule has 0 amide bonds. The Morgan fingerprint density at radius 2 is 1.88 bits per heavy atom. The third kappa shape index (κ3) is 3.64. The molecule has 1 aromatic heterocycles. The Labute approximate surface area is 158 Å². The van der Waals surface area contributed by atoms with E-state index in [1.807, 2.05) is 30.3 Å². The zero-order chi connectivity index (χ0) is 18.0. The van der Waals surface area contributed by atoms with E-state index in [-0.39, 0.29) is 0 Å². The average Bonchev–Trinajstić information content (AvgIpc) is 2.94. The maximum atomic E-state index is 6.32. The van der Waals surface area contributed by atoms with Crippen LogP contribution in [0.1, 0.15) is 24.0 Å². The predicted molar refractivity (Wildman–Crippen MR) is 107 cm³/mol. The van der Waals surface area contributed by atoms with E-state index in [1.54, 1.807) is 7.11 Å². The second-order valence-electron chi connectivity index (χ2n) is 6.21. The van der Waals surface area contributed by atoms with Crippen molar-refractivity contribution in [3.8, 4) is 17.0 Å². The van der Waals surface area contributed by atoms with E-state index in [0.29, 0.717) is 11.6 Å². The van der Waals surface area contributed by atoms with Gasteiger partial charge in [0.05, 0.1) is 12.8 Å². The Morgan fingerprint density at radius 3 is 2.60 bits per heavy atom. The van der Waals surface area contributed by atoms with Crippen molar-refractivity contribution >= 4 is 34.1 Å². The highest BCUT2D eigenvalue weighted by Crippen LogP contribution is 2.39. The lowest BCUT2D eigenvalue weighted by molar-refractivity contribution is 0.416. The number of benzene rings is 2. The highest BCUT2D eigenvalue weighted by atomic mass is 35.5. The molecule has 0 saturated carbocycles. The second-order valence-corrected chi connectivity index (χ2v) is 7.09. The van der Waals surface area contributed by atoms with Gasteiger partial charge in [0.25, 0.3) is 0 Å². The molecule has 0 aliphatic heterocycles. The smallest absolute Gasteiger partial charge is 0.128 e. The third-order valence-electron chi connectivity index (χ3n) is 4.49. The highest BCUT2D eigenvalue weighted by molar-refractivity contribution is 6.31. The van der Waals surface area contributed by atoms with Gasteiger partial charge < -0.3 is 15.5 Å². The van der Waals surface area contributed by atoms with Crippen molar-refractivity contribution in [2.75, 3.05) is 13.7 Å². The Hall–Kier alpha value is -1.68. The van der Waals surface area contributed by atoms with Crippen LogP contribution in [0.3, 0.4) is 0 Å². The lowest BCUT2D eigenvalue weighted by Crippen LogP contribution is -1.99. The van der Waals surface area contributed by atoms with Gasteiger partial charge in [0.2, 0.25) is 0 Å². The molecule has 5 heteroatoms. The van der Waals surface area contributed by atoms with Crippen LogP contribution in [0.5, 0.6) is 5.75 Å². The van der Waals surface area contributed by atoms with Gasteiger partial charge in [0.15, 0.2) is 0 Å². The fraction of sp³-hybridized carbons (Fsp3) is 0.300. The summed E-state index contributed by atoms with van der Waals surface area (Å²) in [6.45, 7) is 2.76. The van der Waals surface area contributed by atoms with Crippen LogP contribution in [0.25, 0.3) is 22.2 Å². The van der Waals surface area contributed by atoms with Crippen molar-refractivity contribution < 1.29 is 4.74 Å². The van der Waals surface area contributed by atoms with Crippen LogP contribution in [-0.4, -0.2) is 18.6 Å². The summed E-state index contributed by atoms with van der Waals surface area (Å²) in [5, 5.41) is 2.57. The molecule has 0 aliphatic rings. The number of methoxy groups -OCH3 is 1. The molecule has 0 radical (unpaired) electrons. The fourth-order valence-electron chi connectivity index (χ4n) is 3.29. The van der Waals surface area contributed by atoms with Crippen molar-refractivity contribution in [2.24, 2.45) is 5.73 Å². The topological polar surface area (TPSA) is 51.0 Å². The second kappa shape index (κ2) is 7.69. The number of aryl methyl sites for hydroxylation is 2. The number of hydrogen-bond donors (Lipinski definition) is 2. The first kappa shape index (κ1) is 18.1. The Morgan fingerprint density at radius 1 is 1.08 bits per heavy atom. The SMILES string of the molecule is COc1ccc(Cl)cc1-c1[nH]c2c(C)cc(Cl)cc2c1CCCCN. The molecule has 3 rings (SSSR count). The minimum atomic E-state index is 0.678. The quantitative estimate of drug-likeness (QED) is 0.538. The Balaban J connectivity index is 2.25. The molecule has 1 heterocycles. The van der Waals surface area contributed by atoms with Crippen molar-refractivity contribution in [1.82, 2.24) is 4.98 Å². The summed E-state index contributed by atoms with van der Waals surface area (Å²) < 4.78 is 5.56. The molecule has 0 atom stereocenters. The van der Waals surface area contributed by atoms with E-state index >= 15 is 0 Å². The van der Waals surface area contributed by atoms with Crippen molar-refractivity contribution in [2.45, 2.75) is 26.2 Å². The van der Waals surface area contributed by atoms with Crippen molar-refractivity contribution in [3.63, 3.8) is 0 Å². The number of H-pyrrole nitrogens is 1. The standard InChI is InChI=1S/C20H22Cl2N2O/c1-12-9-14(22)11-16-15(5-3-4-8-23)20(24-19(12)16)17-10-13(21)6-7-18(17)25-2/h6-7,9-11,24H,3-5,8,23H2,1-2H3. The van der Waals surface area contributed by atoms with E-state index < -0.39 is 0 Å². The Bertz CT molecular complexity index is 902. The molecule has 132 valence electrons. The van der Waals surface area contributed by atoms with Gasteiger partial charge in [-0.3, -0.25) is 0 Å². The van der Waals surface area contributed by atoms with Crippen molar-refractivity contribution in [1.29, 1.82) is 0 Å². The fourth-order valence-corrected chi connectivity index (χ4v) is 3.74. The normalized spacial score (nSPS) is 11.2. The maximum Gasteiger partial charge on any atom is 0.128 e. The zero-order valence-corrected chi connectivity index (χ0v) is 16.0. The molecule has 3 aromatic rings. The number of fused-ring (bicyclic) bond motifs is 1. The number of unbranched alkanes of at least 4 members (excludes halogenated alkanes) is 1. The van der Waals surface area contributed by atoms with Crippen LogP contribution in [0.4, 0.5) is 0 Å². The summed E-state index contributed by atoms with van der Waals surface area (Å²) in [4.78, 5) is 3.58. The number of aromatic amines is 1. The molecule has 0 spiro atoms. The molecule has 3 N–H and O–H groups in total. The lowest BCUT2D eigenvalue weighted by atomic mass is 9.99. The van der Waals surface area contributed by atoms with E-state index in [2.05, 4.69) is 11.9 Å². The third-order valence-corrected chi connectivity index (χ3v) is 4.94. The van der Waals surface area contributed by atoms with Gasteiger partial charge in [0, 0.05) is 26.5 Å². The van der Waals surface area contributed by atoms with Crippen LogP contribution in [0.15, 0.2) is 30.3 Å². The molecule has 2 aromatic carbocycles. The molecular formula is C20H22Cl2N2O. The number of rotatable bonds is 6. The number of halogens is 2. The average molecular weight is 377 g/mol. The number of aromatic nitrogens is 1. The molecule has 0 bridgehead atoms. The van der Waals surface area contributed by atoms with Crippen LogP contribution in [0.2, 0.25) is 10.0 Å². The maximum absolute atomic E-state index is 6.32. The first-order chi connectivity index (χ1) is 12.0. The summed E-state index contributed by atoms with van der Waals surface area (Å²) in [6.07, 6.45) is 2.92. The van der Waals surface area contributed by atoms with Gasteiger partial charge in [-0.05, 0) is 74.2 Å². The van der Waals surface area contributed by atoms with E-state index in [1.165, 1.54) is 5.56 Å². The first-order valence-corrected chi connectivity index (χ1v) is 9.15. The zero-order valence-electron chi connectivity index (χ0n) is 14.5. The molecule has 0 saturated heterocycles. The first-order valence-electron chi connectivity index (χ1n) is 8.39. The molecule has 0 unspecified atom stereocenters. The summed E-state index contributed by atoms with van der Waals surface area (Å²) in [7, 11) is 1.67. The van der Waals surface area contributed by atoms with Crippen LogP contribution in [0, 0.1) is 6.92 Å². The molecule has 0 aliphatic carbocycles. The van der Waals surface area contributed by atoms with E-state index in [9.17, 15) is 0 Å². The molecule has 3 nitrogen and oxygen atoms in total. The van der Waals surface area contributed by atoms with Gasteiger partial charge in [0.1, 0.15) is 5.75 Å². The van der Waals surface area contributed by atoms with Gasteiger partial charge in [-0.15, -0.1) is 0 Å².